The maximum atomic E-state index is 13.4. The van der Waals surface area contributed by atoms with Gasteiger partial charge in [-0.25, -0.2) is 4.39 Å². The van der Waals surface area contributed by atoms with Crippen molar-refractivity contribution in [2.75, 3.05) is 6.61 Å². The van der Waals surface area contributed by atoms with Gasteiger partial charge in [-0.1, -0.05) is 5.92 Å². The number of hydrogen-bond acceptors (Lipinski definition) is 3. The summed E-state index contributed by atoms with van der Waals surface area (Å²) >= 11 is 0. The molecule has 0 amide bonds. The van der Waals surface area contributed by atoms with Crippen LogP contribution in [-0.4, -0.2) is 48.5 Å². The average Bonchev–Trinajstić information content (AvgIpc) is 2.30. The maximum absolute atomic E-state index is 13.4. The number of ether oxygens (including phenoxy) is 1. The molecule has 0 aromatic rings. The van der Waals surface area contributed by atoms with E-state index in [1.165, 1.54) is 0 Å². The summed E-state index contributed by atoms with van der Waals surface area (Å²) in [6.45, 7) is -0.512. The van der Waals surface area contributed by atoms with Crippen LogP contribution in [0.5, 0.6) is 0 Å². The third-order valence-electron chi connectivity index (χ3n) is 1.92. The molecule has 4 atom stereocenters. The van der Waals surface area contributed by atoms with Crippen LogP contribution in [0.25, 0.3) is 0 Å². The van der Waals surface area contributed by atoms with E-state index in [-0.39, 0.29) is 0 Å². The zero-order chi connectivity index (χ0) is 9.35. The van der Waals surface area contributed by atoms with Crippen molar-refractivity contribution < 1.29 is 19.3 Å². The number of halogens is 1. The maximum Gasteiger partial charge on any atom is 0.216 e. The Hall–Kier alpha value is -0.565. The number of terminal acetylenes is 1. The molecule has 2 radical (unpaired) electrons. The number of aliphatic hydroxyl groups excluding tert-OH is 2. The summed E-state index contributed by atoms with van der Waals surface area (Å²) in [4.78, 5) is 0. The van der Waals surface area contributed by atoms with Crippen LogP contribution in [0.4, 0.5) is 4.39 Å². The first-order chi connectivity index (χ1) is 5.56. The molecule has 3 nitrogen and oxygen atoms in total. The van der Waals surface area contributed by atoms with Gasteiger partial charge in [-0.2, -0.15) is 0 Å². The molecular weight excluding hydrogens is 162 g/mol. The van der Waals surface area contributed by atoms with E-state index in [9.17, 15) is 9.50 Å². The van der Waals surface area contributed by atoms with Crippen LogP contribution in [0, 0.1) is 12.3 Å². The molecule has 1 fully saturated rings. The zero-order valence-electron chi connectivity index (χ0n) is 6.27. The molecule has 0 bridgehead atoms. The third kappa shape index (κ3) is 1.12. The Morgan fingerprint density at radius 1 is 1.75 bits per heavy atom. The Bertz CT molecular complexity index is 217. The first kappa shape index (κ1) is 9.52. The highest BCUT2D eigenvalue weighted by Gasteiger charge is 2.53. The first-order valence-corrected chi connectivity index (χ1v) is 3.43. The fourth-order valence-corrected chi connectivity index (χ4v) is 1.11. The van der Waals surface area contributed by atoms with Crippen LogP contribution < -0.4 is 0 Å². The second-order valence-electron chi connectivity index (χ2n) is 2.63. The van der Waals surface area contributed by atoms with Crippen molar-refractivity contribution in [3.8, 4) is 12.3 Å². The molecule has 1 rings (SSSR count). The van der Waals surface area contributed by atoms with Crippen LogP contribution in [0.2, 0.25) is 0 Å². The lowest BCUT2D eigenvalue weighted by atomic mass is 9.82. The van der Waals surface area contributed by atoms with Crippen molar-refractivity contribution in [3.05, 3.63) is 0 Å². The third-order valence-corrected chi connectivity index (χ3v) is 1.92. The van der Waals surface area contributed by atoms with Crippen molar-refractivity contribution in [3.63, 3.8) is 0 Å². The van der Waals surface area contributed by atoms with Crippen LogP contribution in [0.1, 0.15) is 0 Å². The number of alkyl halides is 1. The monoisotopic (exact) mass is 170 g/mol. The SMILES string of the molecule is [B][C@@H]1O[C@H](CO)[C@@H](O)[C@]1(F)C#C. The molecule has 1 aliphatic rings. The van der Waals surface area contributed by atoms with Gasteiger partial charge >= 0.3 is 0 Å². The van der Waals surface area contributed by atoms with Crippen LogP contribution in [0.3, 0.4) is 0 Å². The lowest BCUT2D eigenvalue weighted by Gasteiger charge is -2.19. The molecule has 1 aliphatic heterocycles. The molecule has 0 spiro atoms. The predicted octanol–water partition coefficient (Wildman–Crippen LogP) is -1.43. The Morgan fingerprint density at radius 3 is 2.58 bits per heavy atom. The Labute approximate surface area is 70.9 Å². The molecule has 0 aromatic carbocycles. The Kier molecular flexibility index (Phi) is 2.42. The molecule has 2 N–H and O–H groups in total. The van der Waals surface area contributed by atoms with Gasteiger partial charge in [-0.3, -0.25) is 0 Å². The van der Waals surface area contributed by atoms with Crippen LogP contribution in [-0.2, 0) is 4.74 Å². The van der Waals surface area contributed by atoms with Gasteiger partial charge in [0, 0.05) is 0 Å². The van der Waals surface area contributed by atoms with Gasteiger partial charge in [0.05, 0.1) is 12.6 Å². The molecule has 64 valence electrons. The van der Waals surface area contributed by atoms with Gasteiger partial charge in [-0.15, -0.1) is 6.42 Å². The van der Waals surface area contributed by atoms with Crippen LogP contribution >= 0.6 is 0 Å². The van der Waals surface area contributed by atoms with E-state index in [2.05, 4.69) is 4.74 Å². The van der Waals surface area contributed by atoms with Crippen LogP contribution in [0.15, 0.2) is 0 Å². The van der Waals surface area contributed by atoms with E-state index >= 15 is 0 Å². The molecular formula is C7H8BFO3. The van der Waals surface area contributed by atoms with E-state index in [0.717, 1.165) is 0 Å². The van der Waals surface area contributed by atoms with Crippen molar-refractivity contribution in [1.82, 2.24) is 0 Å². The second-order valence-corrected chi connectivity index (χ2v) is 2.63. The number of rotatable bonds is 1. The van der Waals surface area contributed by atoms with E-state index in [1.807, 2.05) is 0 Å². The standard InChI is InChI=1S/C7H8BFO3/c1-2-7(9)5(11)4(3-10)12-6(7)8/h1,4-6,10-11H,3H2/t4-,5-,6-,7-/m1/s1. The van der Waals surface area contributed by atoms with Gasteiger partial charge in [0.1, 0.15) is 20.1 Å². The highest BCUT2D eigenvalue weighted by molar-refractivity contribution is 6.12. The normalized spacial score (nSPS) is 47.3. The summed E-state index contributed by atoms with van der Waals surface area (Å²) in [5.74, 6) is 1.73. The summed E-state index contributed by atoms with van der Waals surface area (Å²) in [6.07, 6.45) is 2.23. The van der Waals surface area contributed by atoms with E-state index in [0.29, 0.717) is 0 Å². The lowest BCUT2D eigenvalue weighted by Crippen LogP contribution is -2.43. The van der Waals surface area contributed by atoms with Gasteiger partial charge < -0.3 is 14.9 Å². The summed E-state index contributed by atoms with van der Waals surface area (Å²) < 4.78 is 18.1. The van der Waals surface area contributed by atoms with Crippen molar-refractivity contribution in [2.45, 2.75) is 23.9 Å². The molecule has 0 aliphatic carbocycles. The first-order valence-electron chi connectivity index (χ1n) is 3.43. The average molecular weight is 170 g/mol. The fourth-order valence-electron chi connectivity index (χ4n) is 1.11. The molecule has 12 heavy (non-hydrogen) atoms. The van der Waals surface area contributed by atoms with E-state index in [1.54, 1.807) is 5.92 Å². The summed E-state index contributed by atoms with van der Waals surface area (Å²) in [7, 11) is 5.17. The van der Waals surface area contributed by atoms with Crippen molar-refractivity contribution in [1.29, 1.82) is 0 Å². The van der Waals surface area contributed by atoms with E-state index in [4.69, 9.17) is 19.4 Å². The highest BCUT2D eigenvalue weighted by Crippen LogP contribution is 2.32. The minimum absolute atomic E-state index is 0.512. The highest BCUT2D eigenvalue weighted by atomic mass is 19.1. The largest absolute Gasteiger partial charge is 0.394 e. The summed E-state index contributed by atoms with van der Waals surface area (Å²) in [5, 5.41) is 17.8. The minimum atomic E-state index is -2.40. The minimum Gasteiger partial charge on any atom is -0.394 e. The predicted molar refractivity (Wildman–Crippen MR) is 40.2 cm³/mol. The number of hydrogen-bond donors (Lipinski definition) is 2. The molecule has 1 heterocycles. The topological polar surface area (TPSA) is 49.7 Å². The lowest BCUT2D eigenvalue weighted by molar-refractivity contribution is -0.00797. The molecule has 1 saturated heterocycles. The molecule has 5 heteroatoms. The zero-order valence-corrected chi connectivity index (χ0v) is 6.27. The Morgan fingerprint density at radius 2 is 2.33 bits per heavy atom. The second kappa shape index (κ2) is 3.06. The summed E-state index contributed by atoms with van der Waals surface area (Å²) in [6, 6.07) is -1.38. The summed E-state index contributed by atoms with van der Waals surface area (Å²) in [5.41, 5.74) is -2.40. The van der Waals surface area contributed by atoms with Crippen molar-refractivity contribution >= 4 is 7.85 Å². The Balaban J connectivity index is 2.85. The van der Waals surface area contributed by atoms with Gasteiger partial charge in [0.15, 0.2) is 0 Å². The van der Waals surface area contributed by atoms with Gasteiger partial charge in [0.25, 0.3) is 0 Å². The molecule has 0 unspecified atom stereocenters. The number of aliphatic hydroxyl groups is 2. The van der Waals surface area contributed by atoms with Gasteiger partial charge in [-0.05, 0) is 0 Å². The van der Waals surface area contributed by atoms with Gasteiger partial charge in [0.2, 0.25) is 5.67 Å². The van der Waals surface area contributed by atoms with Crippen molar-refractivity contribution in [2.24, 2.45) is 0 Å². The van der Waals surface area contributed by atoms with E-state index < -0.39 is 30.5 Å². The fraction of sp³-hybridized carbons (Fsp3) is 0.714. The molecule has 0 aromatic heterocycles. The quantitative estimate of drug-likeness (QED) is 0.374. The molecule has 0 saturated carbocycles. The smallest absolute Gasteiger partial charge is 0.216 e.